The highest BCUT2D eigenvalue weighted by molar-refractivity contribution is 5.90. The number of ether oxygens (including phenoxy) is 1. The molecule has 1 heterocycles. The first-order chi connectivity index (χ1) is 14.1. The summed E-state index contributed by atoms with van der Waals surface area (Å²) < 4.78 is 7.19. The van der Waals surface area contributed by atoms with Gasteiger partial charge >= 0.3 is 0 Å². The van der Waals surface area contributed by atoms with Crippen LogP contribution in [0.25, 0.3) is 10.9 Å². The van der Waals surface area contributed by atoms with Crippen LogP contribution < -0.4 is 15.6 Å². The van der Waals surface area contributed by atoms with Gasteiger partial charge < -0.3 is 19.7 Å². The highest BCUT2D eigenvalue weighted by Gasteiger charge is 2.17. The molecule has 0 radical (unpaired) electrons. The summed E-state index contributed by atoms with van der Waals surface area (Å²) >= 11 is 0. The van der Waals surface area contributed by atoms with Gasteiger partial charge in [0.1, 0.15) is 5.75 Å². The molecule has 0 fully saturated rings. The Morgan fingerprint density at radius 1 is 0.966 bits per heavy atom. The summed E-state index contributed by atoms with van der Waals surface area (Å²) in [5.41, 5.74) is 2.38. The van der Waals surface area contributed by atoms with Crippen molar-refractivity contribution < 1.29 is 9.84 Å². The Labute approximate surface area is 168 Å². The maximum Gasteiger partial charge on any atom is 0.297 e. The van der Waals surface area contributed by atoms with Crippen molar-refractivity contribution in [2.75, 3.05) is 11.9 Å². The van der Waals surface area contributed by atoms with Crippen LogP contribution in [0.4, 0.5) is 5.69 Å². The lowest BCUT2D eigenvalue weighted by molar-refractivity contribution is 0.407. The molecule has 0 aliphatic heterocycles. The van der Waals surface area contributed by atoms with E-state index in [1.165, 1.54) is 10.1 Å². The molecule has 1 aromatic heterocycles. The van der Waals surface area contributed by atoms with E-state index in [1.54, 1.807) is 19.2 Å². The average Bonchev–Trinajstić information content (AvgIpc) is 2.76. The van der Waals surface area contributed by atoms with Crippen LogP contribution in [0.5, 0.6) is 17.2 Å². The molecule has 0 spiro atoms. The van der Waals surface area contributed by atoms with Crippen LogP contribution in [0, 0.1) is 0 Å². The minimum Gasteiger partial charge on any atom is -0.504 e. The third-order valence-electron chi connectivity index (χ3n) is 4.88. The van der Waals surface area contributed by atoms with Crippen LogP contribution in [0.15, 0.2) is 83.7 Å². The molecule has 0 saturated carbocycles. The Hall–Kier alpha value is -3.73. The number of anilines is 1. The van der Waals surface area contributed by atoms with Crippen molar-refractivity contribution in [3.05, 3.63) is 94.8 Å². The van der Waals surface area contributed by atoms with Crippen molar-refractivity contribution in [2.24, 2.45) is 7.05 Å². The summed E-state index contributed by atoms with van der Waals surface area (Å²) in [5.74, 6) is 0.266. The zero-order valence-electron chi connectivity index (χ0n) is 16.1. The van der Waals surface area contributed by atoms with Crippen LogP contribution in [-0.4, -0.2) is 16.2 Å². The quantitative estimate of drug-likeness (QED) is 0.505. The molecular formula is C24H22N2O3. The van der Waals surface area contributed by atoms with Crippen LogP contribution in [0.2, 0.25) is 0 Å². The van der Waals surface area contributed by atoms with Gasteiger partial charge in [-0.15, -0.1) is 0 Å². The predicted octanol–water partition coefficient (Wildman–Crippen LogP) is 4.69. The maximum absolute atomic E-state index is 12.7. The van der Waals surface area contributed by atoms with Gasteiger partial charge in [0.15, 0.2) is 5.75 Å². The van der Waals surface area contributed by atoms with Gasteiger partial charge in [-0.1, -0.05) is 48.5 Å². The fraction of sp³-hybridized carbons (Fsp3) is 0.125. The number of pyridine rings is 1. The van der Waals surface area contributed by atoms with E-state index in [-0.39, 0.29) is 17.1 Å². The molecule has 2 N–H and O–H groups in total. The highest BCUT2D eigenvalue weighted by Crippen LogP contribution is 2.35. The van der Waals surface area contributed by atoms with Crippen molar-refractivity contribution in [1.29, 1.82) is 0 Å². The average molecular weight is 386 g/mol. The smallest absolute Gasteiger partial charge is 0.297 e. The van der Waals surface area contributed by atoms with E-state index < -0.39 is 0 Å². The minimum atomic E-state index is -0.386. The minimum absolute atomic E-state index is 0.0763. The third-order valence-corrected chi connectivity index (χ3v) is 4.88. The molecule has 4 aromatic rings. The second-order valence-electron chi connectivity index (χ2n) is 6.85. The van der Waals surface area contributed by atoms with E-state index in [1.807, 2.05) is 54.6 Å². The van der Waals surface area contributed by atoms with Gasteiger partial charge in [0.05, 0.1) is 5.52 Å². The first kappa shape index (κ1) is 18.6. The van der Waals surface area contributed by atoms with E-state index in [4.69, 9.17) is 4.74 Å². The fourth-order valence-corrected chi connectivity index (χ4v) is 3.31. The topological polar surface area (TPSA) is 63.5 Å². The molecular weight excluding hydrogens is 364 g/mol. The van der Waals surface area contributed by atoms with Crippen molar-refractivity contribution in [2.45, 2.75) is 6.42 Å². The summed E-state index contributed by atoms with van der Waals surface area (Å²) in [6.07, 6.45) is 0.889. The molecule has 4 rings (SSSR count). The Morgan fingerprint density at radius 2 is 1.66 bits per heavy atom. The van der Waals surface area contributed by atoms with Gasteiger partial charge in [-0.3, -0.25) is 4.79 Å². The van der Waals surface area contributed by atoms with Gasteiger partial charge in [0.2, 0.25) is 5.75 Å². The summed E-state index contributed by atoms with van der Waals surface area (Å²) in [5, 5.41) is 14.7. The monoisotopic (exact) mass is 386 g/mol. The van der Waals surface area contributed by atoms with E-state index in [2.05, 4.69) is 17.4 Å². The maximum atomic E-state index is 12.7. The molecule has 5 nitrogen and oxygen atoms in total. The molecule has 0 amide bonds. The second-order valence-corrected chi connectivity index (χ2v) is 6.85. The van der Waals surface area contributed by atoms with Crippen molar-refractivity contribution >= 4 is 16.6 Å². The number of aryl methyl sites for hydroxylation is 1. The molecule has 5 heteroatoms. The van der Waals surface area contributed by atoms with E-state index in [0.29, 0.717) is 16.7 Å². The number of hydrogen-bond donors (Lipinski definition) is 2. The van der Waals surface area contributed by atoms with E-state index in [0.717, 1.165) is 18.7 Å². The number of hydrogen-bond acceptors (Lipinski definition) is 4. The number of nitrogens with one attached hydrogen (secondary N) is 1. The van der Waals surface area contributed by atoms with Crippen LogP contribution in [0.1, 0.15) is 5.56 Å². The molecule has 29 heavy (non-hydrogen) atoms. The molecule has 0 bridgehead atoms. The number of aromatic hydroxyl groups is 1. The lowest BCUT2D eigenvalue weighted by Gasteiger charge is -2.14. The Morgan fingerprint density at radius 3 is 2.38 bits per heavy atom. The molecule has 146 valence electrons. The Balaban J connectivity index is 1.63. The number of fused-ring (bicyclic) bond motifs is 1. The molecule has 0 atom stereocenters. The van der Waals surface area contributed by atoms with Gasteiger partial charge in [0.25, 0.3) is 5.56 Å². The third kappa shape index (κ3) is 3.94. The zero-order valence-corrected chi connectivity index (χ0v) is 16.1. The Bertz CT molecular complexity index is 1190. The summed E-state index contributed by atoms with van der Waals surface area (Å²) in [4.78, 5) is 12.7. The zero-order chi connectivity index (χ0) is 20.2. The fourth-order valence-electron chi connectivity index (χ4n) is 3.31. The summed E-state index contributed by atoms with van der Waals surface area (Å²) in [6, 6.07) is 24.8. The molecule has 0 unspecified atom stereocenters. The first-order valence-corrected chi connectivity index (χ1v) is 9.50. The number of benzene rings is 3. The number of para-hydroxylation sites is 1. The molecule has 3 aromatic carbocycles. The van der Waals surface area contributed by atoms with Gasteiger partial charge in [-0.2, -0.15) is 0 Å². The largest absolute Gasteiger partial charge is 0.504 e. The molecule has 0 aliphatic rings. The second kappa shape index (κ2) is 8.10. The highest BCUT2D eigenvalue weighted by atomic mass is 16.5. The standard InChI is InChI=1S/C24H22N2O3/c1-26-21-13-12-18(25-15-14-17-8-4-2-5-9-17)16-20(21)22(27)23(24(26)28)29-19-10-6-3-7-11-19/h2-13,16,25,27H,14-15H2,1H3. The lowest BCUT2D eigenvalue weighted by atomic mass is 10.1. The summed E-state index contributed by atoms with van der Waals surface area (Å²) in [6.45, 7) is 0.759. The number of nitrogens with zero attached hydrogens (tertiary/aromatic N) is 1. The SMILES string of the molecule is Cn1c(=O)c(Oc2ccccc2)c(O)c2cc(NCCc3ccccc3)ccc21. The van der Waals surface area contributed by atoms with Gasteiger partial charge in [0, 0.05) is 24.7 Å². The normalized spacial score (nSPS) is 10.8. The van der Waals surface area contributed by atoms with E-state index >= 15 is 0 Å². The Kier molecular flexibility index (Phi) is 5.20. The van der Waals surface area contributed by atoms with Crippen LogP contribution >= 0.6 is 0 Å². The first-order valence-electron chi connectivity index (χ1n) is 9.50. The lowest BCUT2D eigenvalue weighted by Crippen LogP contribution is -2.18. The molecule has 0 saturated heterocycles. The van der Waals surface area contributed by atoms with Crippen LogP contribution in [-0.2, 0) is 13.5 Å². The van der Waals surface area contributed by atoms with Crippen molar-refractivity contribution in [3.63, 3.8) is 0 Å². The van der Waals surface area contributed by atoms with Crippen LogP contribution in [0.3, 0.4) is 0 Å². The molecule has 0 aliphatic carbocycles. The van der Waals surface area contributed by atoms with Gasteiger partial charge in [-0.05, 0) is 42.3 Å². The van der Waals surface area contributed by atoms with E-state index in [9.17, 15) is 9.90 Å². The van der Waals surface area contributed by atoms with Crippen molar-refractivity contribution in [3.8, 4) is 17.2 Å². The number of rotatable bonds is 6. The number of aromatic nitrogens is 1. The van der Waals surface area contributed by atoms with Gasteiger partial charge in [-0.25, -0.2) is 0 Å². The summed E-state index contributed by atoms with van der Waals surface area (Å²) in [7, 11) is 1.67. The van der Waals surface area contributed by atoms with Crippen molar-refractivity contribution in [1.82, 2.24) is 4.57 Å². The predicted molar refractivity (Wildman–Crippen MR) is 116 cm³/mol.